The molecule has 0 bridgehead atoms. The topological polar surface area (TPSA) is 26.0 Å². The van der Waals surface area contributed by atoms with E-state index < -0.39 is 11.6 Å². The van der Waals surface area contributed by atoms with E-state index in [1.807, 2.05) is 0 Å². The fourth-order valence-electron chi connectivity index (χ4n) is 3.07. The van der Waals surface area contributed by atoms with Gasteiger partial charge in [-0.2, -0.15) is 0 Å². The molecule has 0 heterocycles. The normalized spacial score (nSPS) is 20.1. The van der Waals surface area contributed by atoms with E-state index in [1.165, 1.54) is 0 Å². The smallest absolute Gasteiger partial charge is 0.160 e. The summed E-state index contributed by atoms with van der Waals surface area (Å²) < 4.78 is 26.4. The van der Waals surface area contributed by atoms with Crippen molar-refractivity contribution in [2.24, 2.45) is 11.1 Å². The maximum Gasteiger partial charge on any atom is 0.160 e. The Morgan fingerprint density at radius 3 is 2.39 bits per heavy atom. The Kier molecular flexibility index (Phi) is 3.93. The number of rotatable bonds is 3. The summed E-state index contributed by atoms with van der Waals surface area (Å²) in [6.45, 7) is 2.10. The van der Waals surface area contributed by atoms with Crippen LogP contribution in [0.2, 0.25) is 5.02 Å². The molecule has 0 aliphatic heterocycles. The maximum atomic E-state index is 13.3. The number of nitrogens with two attached hydrogens (primary N) is 1. The van der Waals surface area contributed by atoms with Gasteiger partial charge in [0.15, 0.2) is 11.6 Å². The number of benzene rings is 1. The average molecular weight is 274 g/mol. The largest absolute Gasteiger partial charge is 0.323 e. The predicted octanol–water partition coefficient (Wildman–Crippen LogP) is 4.59. The predicted molar refractivity (Wildman–Crippen MR) is 69.5 cm³/mol. The average Bonchev–Trinajstić information content (AvgIpc) is 2.83. The lowest BCUT2D eigenvalue weighted by Gasteiger charge is -2.35. The molecule has 4 heteroatoms. The van der Waals surface area contributed by atoms with Crippen LogP contribution in [0.15, 0.2) is 12.1 Å². The first-order valence-corrected chi connectivity index (χ1v) is 6.78. The van der Waals surface area contributed by atoms with Crippen molar-refractivity contribution in [1.82, 2.24) is 0 Å². The second kappa shape index (κ2) is 5.14. The molecule has 0 aromatic heterocycles. The van der Waals surface area contributed by atoms with Gasteiger partial charge >= 0.3 is 0 Å². The molecule has 0 spiro atoms. The third kappa shape index (κ3) is 2.26. The molecule has 1 aromatic carbocycles. The van der Waals surface area contributed by atoms with Gasteiger partial charge in [0.25, 0.3) is 0 Å². The molecule has 1 fully saturated rings. The van der Waals surface area contributed by atoms with E-state index in [0.29, 0.717) is 5.56 Å². The van der Waals surface area contributed by atoms with Gasteiger partial charge in [0.1, 0.15) is 0 Å². The molecule has 1 aliphatic carbocycles. The van der Waals surface area contributed by atoms with Crippen LogP contribution >= 0.6 is 11.6 Å². The Hall–Kier alpha value is -0.670. The van der Waals surface area contributed by atoms with Crippen LogP contribution in [0, 0.1) is 17.0 Å². The summed E-state index contributed by atoms with van der Waals surface area (Å²) in [7, 11) is 0. The van der Waals surface area contributed by atoms with Crippen molar-refractivity contribution in [3.63, 3.8) is 0 Å². The van der Waals surface area contributed by atoms with Gasteiger partial charge in [0.2, 0.25) is 0 Å². The molecular weight excluding hydrogens is 256 g/mol. The van der Waals surface area contributed by atoms with Crippen molar-refractivity contribution in [2.45, 2.75) is 45.1 Å². The summed E-state index contributed by atoms with van der Waals surface area (Å²) in [5, 5.41) is 0.223. The van der Waals surface area contributed by atoms with E-state index in [2.05, 4.69) is 6.92 Å². The third-order valence-corrected chi connectivity index (χ3v) is 4.67. The van der Waals surface area contributed by atoms with Gasteiger partial charge in [-0.1, -0.05) is 31.4 Å². The molecule has 18 heavy (non-hydrogen) atoms. The van der Waals surface area contributed by atoms with Crippen LogP contribution in [0.1, 0.15) is 50.6 Å². The highest BCUT2D eigenvalue weighted by molar-refractivity contribution is 6.31. The zero-order chi connectivity index (χ0) is 13.3. The first-order valence-electron chi connectivity index (χ1n) is 6.40. The lowest BCUT2D eigenvalue weighted by Crippen LogP contribution is -2.32. The summed E-state index contributed by atoms with van der Waals surface area (Å²) in [5.41, 5.74) is 6.80. The van der Waals surface area contributed by atoms with Gasteiger partial charge in [0.05, 0.1) is 0 Å². The monoisotopic (exact) mass is 273 g/mol. The number of halogens is 3. The Morgan fingerprint density at radius 2 is 1.83 bits per heavy atom. The van der Waals surface area contributed by atoms with Crippen LogP contribution in [-0.2, 0) is 0 Å². The zero-order valence-electron chi connectivity index (χ0n) is 10.5. The van der Waals surface area contributed by atoms with Crippen molar-refractivity contribution in [1.29, 1.82) is 0 Å². The van der Waals surface area contributed by atoms with Gasteiger partial charge < -0.3 is 5.73 Å². The Labute approximate surface area is 111 Å². The molecule has 1 unspecified atom stereocenters. The van der Waals surface area contributed by atoms with Crippen LogP contribution in [0.3, 0.4) is 0 Å². The van der Waals surface area contributed by atoms with E-state index in [9.17, 15) is 8.78 Å². The van der Waals surface area contributed by atoms with Gasteiger partial charge in [-0.3, -0.25) is 0 Å². The fraction of sp³-hybridized carbons (Fsp3) is 0.571. The molecule has 1 aromatic rings. The maximum absolute atomic E-state index is 13.3. The molecule has 1 aliphatic rings. The highest BCUT2D eigenvalue weighted by atomic mass is 35.5. The van der Waals surface area contributed by atoms with E-state index >= 15 is 0 Å². The summed E-state index contributed by atoms with van der Waals surface area (Å²) in [6.07, 6.45) is 5.27. The standard InChI is InChI=1S/C14H18ClF2N/c1-2-14(5-3-4-6-14)13(18)9-7-11(16)12(17)8-10(9)15/h7-8,13H,2-6,18H2,1H3. The van der Waals surface area contributed by atoms with Gasteiger partial charge in [0, 0.05) is 11.1 Å². The Balaban J connectivity index is 2.39. The second-order valence-corrected chi connectivity index (χ2v) is 5.60. The van der Waals surface area contributed by atoms with Crippen LogP contribution in [0.25, 0.3) is 0 Å². The number of hydrogen-bond donors (Lipinski definition) is 1. The molecule has 0 saturated heterocycles. The summed E-state index contributed by atoms with van der Waals surface area (Å²) in [5.74, 6) is -1.80. The molecule has 100 valence electrons. The van der Waals surface area contributed by atoms with E-state index in [4.69, 9.17) is 17.3 Å². The van der Waals surface area contributed by atoms with Crippen molar-refractivity contribution in [3.8, 4) is 0 Å². The molecule has 0 radical (unpaired) electrons. The van der Waals surface area contributed by atoms with Crippen LogP contribution < -0.4 is 5.73 Å². The SMILES string of the molecule is CCC1(C(N)c2cc(F)c(F)cc2Cl)CCCC1. The van der Waals surface area contributed by atoms with Crippen molar-refractivity contribution in [2.75, 3.05) is 0 Å². The van der Waals surface area contributed by atoms with Crippen LogP contribution in [0.5, 0.6) is 0 Å². The van der Waals surface area contributed by atoms with Gasteiger partial charge in [-0.25, -0.2) is 8.78 Å². The van der Waals surface area contributed by atoms with Crippen LogP contribution in [0.4, 0.5) is 8.78 Å². The summed E-state index contributed by atoms with van der Waals surface area (Å²) in [6, 6.07) is 1.84. The van der Waals surface area contributed by atoms with Crippen LogP contribution in [-0.4, -0.2) is 0 Å². The minimum atomic E-state index is -0.923. The molecule has 2 N–H and O–H groups in total. The highest BCUT2D eigenvalue weighted by Gasteiger charge is 2.39. The lowest BCUT2D eigenvalue weighted by atomic mass is 9.74. The van der Waals surface area contributed by atoms with E-state index in [0.717, 1.165) is 44.2 Å². The molecule has 1 saturated carbocycles. The minimum absolute atomic E-state index is 0.0199. The fourth-order valence-corrected chi connectivity index (χ4v) is 3.34. The van der Waals surface area contributed by atoms with Gasteiger partial charge in [-0.05, 0) is 42.4 Å². The first-order chi connectivity index (χ1) is 8.50. The summed E-state index contributed by atoms with van der Waals surface area (Å²) in [4.78, 5) is 0. The second-order valence-electron chi connectivity index (χ2n) is 5.19. The van der Waals surface area contributed by atoms with Crippen molar-refractivity contribution in [3.05, 3.63) is 34.4 Å². The van der Waals surface area contributed by atoms with Crippen molar-refractivity contribution >= 4 is 11.6 Å². The minimum Gasteiger partial charge on any atom is -0.323 e. The summed E-state index contributed by atoms with van der Waals surface area (Å²) >= 11 is 6.01. The Bertz CT molecular complexity index is 442. The third-order valence-electron chi connectivity index (χ3n) is 4.34. The van der Waals surface area contributed by atoms with Crippen molar-refractivity contribution < 1.29 is 8.78 Å². The number of hydrogen-bond acceptors (Lipinski definition) is 1. The quantitative estimate of drug-likeness (QED) is 0.801. The Morgan fingerprint density at radius 1 is 1.28 bits per heavy atom. The molecule has 0 amide bonds. The molecule has 2 rings (SSSR count). The lowest BCUT2D eigenvalue weighted by molar-refractivity contribution is 0.221. The highest BCUT2D eigenvalue weighted by Crippen LogP contribution is 2.50. The van der Waals surface area contributed by atoms with Gasteiger partial charge in [-0.15, -0.1) is 0 Å². The van der Waals surface area contributed by atoms with E-state index in [1.54, 1.807) is 0 Å². The zero-order valence-corrected chi connectivity index (χ0v) is 11.2. The molecule has 1 nitrogen and oxygen atoms in total. The van der Waals surface area contributed by atoms with E-state index in [-0.39, 0.29) is 16.5 Å². The molecular formula is C14H18ClF2N. The first kappa shape index (κ1) is 13.8. The molecule has 1 atom stereocenters.